The van der Waals surface area contributed by atoms with E-state index in [-0.39, 0.29) is 5.56 Å². The van der Waals surface area contributed by atoms with Gasteiger partial charge in [-0.1, -0.05) is 11.6 Å². The van der Waals surface area contributed by atoms with Crippen molar-refractivity contribution < 1.29 is 0 Å². The van der Waals surface area contributed by atoms with Crippen molar-refractivity contribution in [3.63, 3.8) is 0 Å². The highest BCUT2D eigenvalue weighted by molar-refractivity contribution is 6.31. The van der Waals surface area contributed by atoms with E-state index in [0.717, 1.165) is 4.57 Å². The minimum Gasteiger partial charge on any atom is -0.307 e. The van der Waals surface area contributed by atoms with Crippen molar-refractivity contribution in [1.29, 1.82) is 0 Å². The number of fused-ring (bicyclic) bond motifs is 1. The summed E-state index contributed by atoms with van der Waals surface area (Å²) in [5.74, 6) is 0. The number of hydrogen-bond acceptors (Lipinski definition) is 2. The molecule has 0 aliphatic carbocycles. The van der Waals surface area contributed by atoms with Crippen molar-refractivity contribution in [3.8, 4) is 0 Å². The monoisotopic (exact) mass is 224 g/mol. The Morgan fingerprint density at radius 1 is 1.40 bits per heavy atom. The predicted molar refractivity (Wildman–Crippen MR) is 59.5 cm³/mol. The molecule has 0 atom stereocenters. The molecule has 1 aromatic heterocycles. The van der Waals surface area contributed by atoms with Crippen LogP contribution in [0.15, 0.2) is 27.8 Å². The van der Waals surface area contributed by atoms with Crippen LogP contribution < -0.4 is 11.2 Å². The molecule has 15 heavy (non-hydrogen) atoms. The van der Waals surface area contributed by atoms with E-state index in [1.54, 1.807) is 25.1 Å². The molecule has 2 aromatic rings. The van der Waals surface area contributed by atoms with Gasteiger partial charge in [0.2, 0.25) is 0 Å². The van der Waals surface area contributed by atoms with E-state index in [1.165, 1.54) is 0 Å². The highest BCUT2D eigenvalue weighted by atomic mass is 35.5. The van der Waals surface area contributed by atoms with Gasteiger partial charge in [0, 0.05) is 11.6 Å². The Kier molecular flexibility index (Phi) is 2.36. The standard InChI is InChI=1S/C10H9ClN2O2/c1-2-13-9(14)7-5-6(11)3-4-8(7)12-10(13)15/h3-5H,2H2,1H3,(H,12,15). The number of H-pyrrole nitrogens is 1. The SMILES string of the molecule is CCn1c(=O)[nH]c2ccc(Cl)cc2c1=O. The molecule has 1 heterocycles. The first-order valence-electron chi connectivity index (χ1n) is 4.56. The van der Waals surface area contributed by atoms with E-state index in [1.807, 2.05) is 0 Å². The Balaban J connectivity index is 2.99. The zero-order valence-electron chi connectivity index (χ0n) is 8.08. The third kappa shape index (κ3) is 1.57. The molecule has 78 valence electrons. The van der Waals surface area contributed by atoms with E-state index in [2.05, 4.69) is 4.98 Å². The fraction of sp³-hybridized carbons (Fsp3) is 0.200. The van der Waals surface area contributed by atoms with E-state index in [4.69, 9.17) is 11.6 Å². The molecule has 0 aliphatic heterocycles. The fourth-order valence-corrected chi connectivity index (χ4v) is 1.68. The van der Waals surface area contributed by atoms with Crippen molar-refractivity contribution in [3.05, 3.63) is 44.1 Å². The van der Waals surface area contributed by atoms with Gasteiger partial charge in [0.05, 0.1) is 10.9 Å². The molecule has 0 saturated heterocycles. The van der Waals surface area contributed by atoms with Crippen molar-refractivity contribution in [1.82, 2.24) is 9.55 Å². The molecular weight excluding hydrogens is 216 g/mol. The van der Waals surface area contributed by atoms with Crippen molar-refractivity contribution in [2.24, 2.45) is 0 Å². The third-order valence-electron chi connectivity index (χ3n) is 2.26. The van der Waals surface area contributed by atoms with Crippen LogP contribution in [0.1, 0.15) is 6.92 Å². The van der Waals surface area contributed by atoms with Gasteiger partial charge >= 0.3 is 5.69 Å². The van der Waals surface area contributed by atoms with Crippen LogP contribution in [0, 0.1) is 0 Å². The summed E-state index contributed by atoms with van der Waals surface area (Å²) < 4.78 is 1.14. The zero-order chi connectivity index (χ0) is 11.0. The van der Waals surface area contributed by atoms with E-state index < -0.39 is 5.69 Å². The van der Waals surface area contributed by atoms with Gasteiger partial charge in [-0.15, -0.1) is 0 Å². The van der Waals surface area contributed by atoms with Crippen LogP contribution in [0.5, 0.6) is 0 Å². The van der Waals surface area contributed by atoms with Crippen LogP contribution in [0.2, 0.25) is 5.02 Å². The van der Waals surface area contributed by atoms with Crippen LogP contribution in [-0.4, -0.2) is 9.55 Å². The highest BCUT2D eigenvalue weighted by Gasteiger charge is 2.05. The van der Waals surface area contributed by atoms with Gasteiger partial charge in [-0.3, -0.25) is 9.36 Å². The number of aromatic amines is 1. The van der Waals surface area contributed by atoms with Crippen LogP contribution in [-0.2, 0) is 6.54 Å². The summed E-state index contributed by atoms with van der Waals surface area (Å²) in [5.41, 5.74) is -0.185. The van der Waals surface area contributed by atoms with Crippen LogP contribution in [0.4, 0.5) is 0 Å². The average molecular weight is 225 g/mol. The number of nitrogens with one attached hydrogen (secondary N) is 1. The lowest BCUT2D eigenvalue weighted by Gasteiger charge is -2.03. The Labute approximate surface area is 90.1 Å². The van der Waals surface area contributed by atoms with Gasteiger partial charge in [-0.2, -0.15) is 0 Å². The number of hydrogen-bond donors (Lipinski definition) is 1. The van der Waals surface area contributed by atoms with Crippen molar-refractivity contribution in [2.45, 2.75) is 13.5 Å². The summed E-state index contributed by atoms with van der Waals surface area (Å²) in [6, 6.07) is 4.82. The second kappa shape index (κ2) is 3.55. The Hall–Kier alpha value is -1.55. The second-order valence-electron chi connectivity index (χ2n) is 3.17. The smallest absolute Gasteiger partial charge is 0.307 e. The molecule has 0 spiro atoms. The first-order chi connectivity index (χ1) is 7.13. The summed E-state index contributed by atoms with van der Waals surface area (Å²) in [4.78, 5) is 25.9. The second-order valence-corrected chi connectivity index (χ2v) is 3.61. The Morgan fingerprint density at radius 3 is 2.80 bits per heavy atom. The lowest BCUT2D eigenvalue weighted by Crippen LogP contribution is -2.34. The molecule has 5 heteroatoms. The molecule has 1 N–H and O–H groups in total. The predicted octanol–water partition coefficient (Wildman–Crippen LogP) is 1.36. The molecule has 0 bridgehead atoms. The van der Waals surface area contributed by atoms with Gasteiger partial charge < -0.3 is 4.98 Å². The Bertz CT molecular complexity index is 627. The number of aromatic nitrogens is 2. The first-order valence-corrected chi connectivity index (χ1v) is 4.93. The lowest BCUT2D eigenvalue weighted by atomic mass is 10.2. The summed E-state index contributed by atoms with van der Waals surface area (Å²) in [6.45, 7) is 2.09. The third-order valence-corrected chi connectivity index (χ3v) is 2.50. The number of halogens is 1. The number of benzene rings is 1. The summed E-state index contributed by atoms with van der Waals surface area (Å²) in [6.07, 6.45) is 0. The van der Waals surface area contributed by atoms with Gasteiger partial charge in [0.25, 0.3) is 5.56 Å². The molecule has 2 rings (SSSR count). The van der Waals surface area contributed by atoms with Gasteiger partial charge in [0.15, 0.2) is 0 Å². The van der Waals surface area contributed by atoms with Crippen molar-refractivity contribution in [2.75, 3.05) is 0 Å². The Morgan fingerprint density at radius 2 is 2.13 bits per heavy atom. The van der Waals surface area contributed by atoms with E-state index in [0.29, 0.717) is 22.5 Å². The molecule has 0 radical (unpaired) electrons. The summed E-state index contributed by atoms with van der Waals surface area (Å²) >= 11 is 5.79. The zero-order valence-corrected chi connectivity index (χ0v) is 8.84. The topological polar surface area (TPSA) is 54.9 Å². The molecule has 0 fully saturated rings. The first kappa shape index (κ1) is 9.98. The fourth-order valence-electron chi connectivity index (χ4n) is 1.51. The maximum atomic E-state index is 11.8. The molecule has 1 aromatic carbocycles. The van der Waals surface area contributed by atoms with E-state index >= 15 is 0 Å². The molecule has 0 saturated carbocycles. The van der Waals surface area contributed by atoms with Crippen LogP contribution >= 0.6 is 11.6 Å². The minimum absolute atomic E-state index is 0.307. The van der Waals surface area contributed by atoms with Crippen LogP contribution in [0.3, 0.4) is 0 Å². The highest BCUT2D eigenvalue weighted by Crippen LogP contribution is 2.13. The maximum absolute atomic E-state index is 11.8. The number of nitrogens with zero attached hydrogens (tertiary/aromatic N) is 1. The molecule has 4 nitrogen and oxygen atoms in total. The van der Waals surface area contributed by atoms with Crippen molar-refractivity contribution >= 4 is 22.5 Å². The molecule has 0 aliphatic rings. The van der Waals surface area contributed by atoms with Gasteiger partial charge in [-0.05, 0) is 25.1 Å². The largest absolute Gasteiger partial charge is 0.328 e. The lowest BCUT2D eigenvalue weighted by molar-refractivity contribution is 0.684. The molecule has 0 unspecified atom stereocenters. The maximum Gasteiger partial charge on any atom is 0.328 e. The molecular formula is C10H9ClN2O2. The number of rotatable bonds is 1. The van der Waals surface area contributed by atoms with Gasteiger partial charge in [0.1, 0.15) is 0 Å². The van der Waals surface area contributed by atoms with E-state index in [9.17, 15) is 9.59 Å². The van der Waals surface area contributed by atoms with Crippen LogP contribution in [0.25, 0.3) is 10.9 Å². The summed E-state index contributed by atoms with van der Waals surface area (Å²) in [7, 11) is 0. The minimum atomic E-state index is -0.391. The quantitative estimate of drug-likeness (QED) is 0.795. The normalized spacial score (nSPS) is 10.8. The summed E-state index contributed by atoms with van der Waals surface area (Å²) in [5, 5.41) is 0.915. The average Bonchev–Trinajstić information content (AvgIpc) is 2.20. The van der Waals surface area contributed by atoms with Gasteiger partial charge in [-0.25, -0.2) is 4.79 Å². The molecule has 0 amide bonds.